The Bertz CT molecular complexity index is 1080. The number of nitrogens with zero attached hydrogens (tertiary/aromatic N) is 1. The number of aryl methyl sites for hydroxylation is 1. The number of ether oxygens (including phenoxy) is 1. The van der Waals surface area contributed by atoms with Crippen molar-refractivity contribution in [3.8, 4) is 0 Å². The Hall–Kier alpha value is -2.63. The molecule has 0 saturated carbocycles. The number of aromatic carboxylic acids is 1. The highest BCUT2D eigenvalue weighted by Gasteiger charge is 2.39. The molecule has 1 aliphatic heterocycles. The maximum absolute atomic E-state index is 13.3. The van der Waals surface area contributed by atoms with E-state index in [0.717, 1.165) is 34.6 Å². The first-order valence-corrected chi connectivity index (χ1v) is 12.0. The lowest BCUT2D eigenvalue weighted by Crippen LogP contribution is -2.41. The first kappa shape index (κ1) is 26.0. The van der Waals surface area contributed by atoms with Gasteiger partial charge in [-0.1, -0.05) is 51.4 Å². The van der Waals surface area contributed by atoms with Crippen LogP contribution in [-0.4, -0.2) is 30.7 Å². The number of benzene rings is 2. The Kier molecular flexibility index (Phi) is 7.89. The van der Waals surface area contributed by atoms with E-state index in [-0.39, 0.29) is 23.3 Å². The lowest BCUT2D eigenvalue weighted by atomic mass is 9.70. The zero-order chi connectivity index (χ0) is 25.1. The highest BCUT2D eigenvalue weighted by molar-refractivity contribution is 6.31. The standard InChI is InChI=1S/C28H34ClNO4/c1-27(2,3)14-12-19-6-9-21(16-24(19)29)28(4)17-25(31)30(18-22(28)13-15-34-5)23-10-7-20(8-11-23)26(32)33/h6-11,16,18H,12-15,17H2,1-5H3,(H,32,33)/t28-/m0/s1. The number of carbonyl (C=O) groups is 2. The molecule has 0 saturated heterocycles. The van der Waals surface area contributed by atoms with Crippen molar-refractivity contribution < 1.29 is 19.4 Å². The first-order valence-electron chi connectivity index (χ1n) is 11.6. The highest BCUT2D eigenvalue weighted by Crippen LogP contribution is 2.43. The van der Waals surface area contributed by atoms with Crippen molar-refractivity contribution in [3.63, 3.8) is 0 Å². The molecule has 2 aromatic carbocycles. The van der Waals surface area contributed by atoms with Crippen LogP contribution in [0.15, 0.2) is 54.2 Å². The maximum Gasteiger partial charge on any atom is 0.335 e. The summed E-state index contributed by atoms with van der Waals surface area (Å²) >= 11 is 6.71. The van der Waals surface area contributed by atoms with E-state index in [1.54, 1.807) is 24.1 Å². The van der Waals surface area contributed by atoms with E-state index >= 15 is 0 Å². The van der Waals surface area contributed by atoms with Crippen LogP contribution in [0.4, 0.5) is 5.69 Å². The average Bonchev–Trinajstić information content (AvgIpc) is 2.77. The van der Waals surface area contributed by atoms with Gasteiger partial charge in [-0.05, 0) is 71.7 Å². The number of hydrogen-bond acceptors (Lipinski definition) is 3. The van der Waals surface area contributed by atoms with Gasteiger partial charge in [0.05, 0.1) is 5.56 Å². The summed E-state index contributed by atoms with van der Waals surface area (Å²) < 4.78 is 5.35. The van der Waals surface area contributed by atoms with Crippen LogP contribution < -0.4 is 4.90 Å². The van der Waals surface area contributed by atoms with Gasteiger partial charge in [0.25, 0.3) is 0 Å². The normalized spacial score (nSPS) is 18.7. The number of anilines is 1. The SMILES string of the molecule is COCCC1=CN(c2ccc(C(=O)O)cc2)C(=O)C[C@@]1(C)c1ccc(CCC(C)(C)C)c(Cl)c1. The van der Waals surface area contributed by atoms with E-state index in [9.17, 15) is 9.59 Å². The molecule has 0 unspecified atom stereocenters. The van der Waals surface area contributed by atoms with Crippen molar-refractivity contribution in [2.45, 2.75) is 58.8 Å². The van der Waals surface area contributed by atoms with E-state index in [1.807, 2.05) is 12.3 Å². The largest absolute Gasteiger partial charge is 0.478 e. The van der Waals surface area contributed by atoms with Crippen molar-refractivity contribution in [2.24, 2.45) is 5.41 Å². The molecule has 0 bridgehead atoms. The fraction of sp³-hybridized carbons (Fsp3) is 0.429. The summed E-state index contributed by atoms with van der Waals surface area (Å²) in [6, 6.07) is 12.5. The van der Waals surface area contributed by atoms with Gasteiger partial charge in [0.1, 0.15) is 0 Å². The summed E-state index contributed by atoms with van der Waals surface area (Å²) in [5, 5.41) is 9.90. The summed E-state index contributed by atoms with van der Waals surface area (Å²) in [7, 11) is 1.66. The Labute approximate surface area is 207 Å². The molecular formula is C28H34ClNO4. The lowest BCUT2D eigenvalue weighted by molar-refractivity contribution is -0.119. The van der Waals surface area contributed by atoms with Gasteiger partial charge in [0, 0.05) is 42.5 Å². The minimum absolute atomic E-state index is 0.0559. The molecule has 5 nitrogen and oxygen atoms in total. The average molecular weight is 484 g/mol. The highest BCUT2D eigenvalue weighted by atomic mass is 35.5. The fourth-order valence-electron chi connectivity index (χ4n) is 4.30. The van der Waals surface area contributed by atoms with Crippen LogP contribution in [0.2, 0.25) is 5.02 Å². The smallest absolute Gasteiger partial charge is 0.335 e. The van der Waals surface area contributed by atoms with E-state index in [1.165, 1.54) is 12.1 Å². The minimum Gasteiger partial charge on any atom is -0.478 e. The molecule has 1 aliphatic rings. The Morgan fingerprint density at radius 3 is 2.38 bits per heavy atom. The topological polar surface area (TPSA) is 66.8 Å². The number of rotatable bonds is 8. The van der Waals surface area contributed by atoms with Crippen LogP contribution >= 0.6 is 11.6 Å². The maximum atomic E-state index is 13.3. The summed E-state index contributed by atoms with van der Waals surface area (Å²) in [4.78, 5) is 26.1. The minimum atomic E-state index is -0.997. The third kappa shape index (κ3) is 5.89. The van der Waals surface area contributed by atoms with Crippen LogP contribution in [0.5, 0.6) is 0 Å². The predicted octanol–water partition coefficient (Wildman–Crippen LogP) is 6.63. The number of carbonyl (C=O) groups excluding carboxylic acids is 1. The summed E-state index contributed by atoms with van der Waals surface area (Å²) in [5.41, 5.74) is 3.73. The molecule has 1 amide bonds. The number of carboxylic acid groups (broad SMARTS) is 1. The van der Waals surface area contributed by atoms with Crippen LogP contribution in [0, 0.1) is 5.41 Å². The van der Waals surface area contributed by atoms with Crippen molar-refractivity contribution in [1.82, 2.24) is 0 Å². The Morgan fingerprint density at radius 2 is 1.82 bits per heavy atom. The van der Waals surface area contributed by atoms with Crippen LogP contribution in [0.3, 0.4) is 0 Å². The van der Waals surface area contributed by atoms with E-state index in [2.05, 4.69) is 39.8 Å². The molecule has 1 atom stereocenters. The number of amides is 1. The van der Waals surface area contributed by atoms with Crippen LogP contribution in [0.25, 0.3) is 0 Å². The number of carboxylic acids is 1. The molecule has 0 aromatic heterocycles. The van der Waals surface area contributed by atoms with Crippen LogP contribution in [-0.2, 0) is 21.4 Å². The second-order valence-corrected chi connectivity index (χ2v) is 10.8. The zero-order valence-electron chi connectivity index (χ0n) is 20.7. The zero-order valence-corrected chi connectivity index (χ0v) is 21.4. The number of halogens is 1. The molecule has 1 N–H and O–H groups in total. The van der Waals surface area contributed by atoms with E-state index < -0.39 is 11.4 Å². The van der Waals surface area contributed by atoms with Gasteiger partial charge in [0.2, 0.25) is 5.91 Å². The van der Waals surface area contributed by atoms with Crippen molar-refractivity contribution in [3.05, 3.63) is 76.0 Å². The Morgan fingerprint density at radius 1 is 1.15 bits per heavy atom. The predicted molar refractivity (Wildman–Crippen MR) is 137 cm³/mol. The second-order valence-electron chi connectivity index (χ2n) is 10.4. The van der Waals surface area contributed by atoms with E-state index in [4.69, 9.17) is 21.4 Å². The first-order chi connectivity index (χ1) is 15.9. The molecule has 2 aromatic rings. The molecule has 3 rings (SSSR count). The van der Waals surface area contributed by atoms with Crippen molar-refractivity contribution in [1.29, 1.82) is 0 Å². The van der Waals surface area contributed by atoms with Crippen LogP contribution in [0.1, 0.15) is 68.4 Å². The quantitative estimate of drug-likeness (QED) is 0.457. The third-order valence-electron chi connectivity index (χ3n) is 6.57. The molecule has 0 aliphatic carbocycles. The molecule has 34 heavy (non-hydrogen) atoms. The molecule has 1 heterocycles. The molecule has 6 heteroatoms. The summed E-state index contributed by atoms with van der Waals surface area (Å²) in [5.74, 6) is -1.05. The van der Waals surface area contributed by atoms with Crippen molar-refractivity contribution in [2.75, 3.05) is 18.6 Å². The van der Waals surface area contributed by atoms with Gasteiger partial charge in [-0.3, -0.25) is 9.69 Å². The molecule has 0 spiro atoms. The van der Waals surface area contributed by atoms with Gasteiger partial charge < -0.3 is 9.84 Å². The number of hydrogen-bond donors (Lipinski definition) is 1. The lowest BCUT2D eigenvalue weighted by Gasteiger charge is -2.39. The molecule has 0 radical (unpaired) electrons. The molecule has 182 valence electrons. The molecular weight excluding hydrogens is 450 g/mol. The van der Waals surface area contributed by atoms with Gasteiger partial charge in [-0.2, -0.15) is 0 Å². The molecule has 0 fully saturated rings. The fourth-order valence-corrected chi connectivity index (χ4v) is 4.57. The second kappa shape index (κ2) is 10.3. The summed E-state index contributed by atoms with van der Waals surface area (Å²) in [6.45, 7) is 9.27. The Balaban J connectivity index is 1.96. The van der Waals surface area contributed by atoms with Gasteiger partial charge in [0.15, 0.2) is 0 Å². The van der Waals surface area contributed by atoms with Gasteiger partial charge >= 0.3 is 5.97 Å². The van der Waals surface area contributed by atoms with Crippen molar-refractivity contribution >= 4 is 29.2 Å². The van der Waals surface area contributed by atoms with Gasteiger partial charge in [-0.15, -0.1) is 0 Å². The summed E-state index contributed by atoms with van der Waals surface area (Å²) in [6.07, 6.45) is 4.76. The van der Waals surface area contributed by atoms with E-state index in [0.29, 0.717) is 18.7 Å². The monoisotopic (exact) mass is 483 g/mol. The van der Waals surface area contributed by atoms with Gasteiger partial charge in [-0.25, -0.2) is 4.79 Å². The number of methoxy groups -OCH3 is 1. The third-order valence-corrected chi connectivity index (χ3v) is 6.92.